The number of hydrogen-bond acceptors (Lipinski definition) is 8. The van der Waals surface area contributed by atoms with Gasteiger partial charge in [-0.25, -0.2) is 4.39 Å². The highest BCUT2D eigenvalue weighted by Crippen LogP contribution is 2.28. The van der Waals surface area contributed by atoms with Crippen LogP contribution in [-0.4, -0.2) is 34.7 Å². The summed E-state index contributed by atoms with van der Waals surface area (Å²) in [7, 11) is 0. The quantitative estimate of drug-likeness (QED) is 0.320. The molecule has 160 valence electrons. The van der Waals surface area contributed by atoms with Crippen molar-refractivity contribution in [2.45, 2.75) is 26.4 Å². The van der Waals surface area contributed by atoms with Crippen LogP contribution in [0.1, 0.15) is 29.2 Å². The van der Waals surface area contributed by atoms with Crippen LogP contribution in [0.2, 0.25) is 5.02 Å². The number of hydrogen-bond donors (Lipinski definition) is 1. The molecule has 1 aromatic carbocycles. The Balaban J connectivity index is 1.47. The van der Waals surface area contributed by atoms with E-state index in [0.29, 0.717) is 32.2 Å². The summed E-state index contributed by atoms with van der Waals surface area (Å²) in [5, 5.41) is 32.1. The second kappa shape index (κ2) is 8.40. The van der Waals surface area contributed by atoms with Crippen molar-refractivity contribution in [3.63, 3.8) is 0 Å². The van der Waals surface area contributed by atoms with Gasteiger partial charge >= 0.3 is 5.82 Å². The molecule has 0 fully saturated rings. The molecule has 1 atom stereocenters. The molecule has 0 spiro atoms. The summed E-state index contributed by atoms with van der Waals surface area (Å²) in [4.78, 5) is 10.4. The van der Waals surface area contributed by atoms with E-state index in [2.05, 4.69) is 25.7 Å². The van der Waals surface area contributed by atoms with Crippen LogP contribution in [0.15, 0.2) is 36.5 Å². The van der Waals surface area contributed by atoms with Gasteiger partial charge in [0, 0.05) is 22.8 Å². The van der Waals surface area contributed by atoms with Gasteiger partial charge in [-0.2, -0.15) is 9.78 Å². The van der Waals surface area contributed by atoms with Crippen LogP contribution in [-0.2, 0) is 6.54 Å². The van der Waals surface area contributed by atoms with Crippen molar-refractivity contribution in [2.75, 3.05) is 5.32 Å². The number of aryl methyl sites for hydroxylation is 1. The van der Waals surface area contributed by atoms with E-state index >= 15 is 0 Å². The van der Waals surface area contributed by atoms with E-state index < -0.39 is 10.7 Å². The predicted octanol–water partition coefficient (Wildman–Crippen LogP) is 4.34. The van der Waals surface area contributed by atoms with Gasteiger partial charge in [0.05, 0.1) is 23.4 Å². The van der Waals surface area contributed by atoms with E-state index in [0.717, 1.165) is 0 Å². The second-order valence-corrected chi connectivity index (χ2v) is 8.11. The van der Waals surface area contributed by atoms with Crippen LogP contribution in [0.25, 0.3) is 0 Å². The van der Waals surface area contributed by atoms with Crippen LogP contribution in [0.4, 0.5) is 21.2 Å². The zero-order valence-corrected chi connectivity index (χ0v) is 17.9. The largest absolute Gasteiger partial charge is 0.390 e. The van der Waals surface area contributed by atoms with E-state index in [1.54, 1.807) is 36.0 Å². The molecular weight excluding hydrogens is 447 g/mol. The monoisotopic (exact) mass is 462 g/mol. The normalized spacial score (nSPS) is 12.1. The van der Waals surface area contributed by atoms with Gasteiger partial charge in [-0.1, -0.05) is 29.0 Å². The number of nitrogens with one attached hydrogen (secondary N) is 1. The molecule has 0 aliphatic heterocycles. The molecule has 0 bridgehead atoms. The number of benzene rings is 1. The Labute approximate surface area is 184 Å². The third-order valence-corrected chi connectivity index (χ3v) is 5.88. The first-order chi connectivity index (χ1) is 14.8. The van der Waals surface area contributed by atoms with Gasteiger partial charge in [-0.05, 0) is 30.9 Å². The molecule has 4 aromatic rings. The van der Waals surface area contributed by atoms with E-state index in [9.17, 15) is 14.5 Å². The topological polar surface area (TPSA) is 117 Å². The Morgan fingerprint density at radius 2 is 2.13 bits per heavy atom. The summed E-state index contributed by atoms with van der Waals surface area (Å²) in [5.41, 5.74) is 1.00. The highest BCUT2D eigenvalue weighted by atomic mass is 35.5. The zero-order valence-electron chi connectivity index (χ0n) is 16.4. The van der Waals surface area contributed by atoms with Crippen molar-refractivity contribution < 1.29 is 9.31 Å². The summed E-state index contributed by atoms with van der Waals surface area (Å²) >= 11 is 7.35. The molecule has 31 heavy (non-hydrogen) atoms. The highest BCUT2D eigenvalue weighted by molar-refractivity contribution is 7.15. The first kappa shape index (κ1) is 20.9. The Kier molecular flexibility index (Phi) is 5.65. The summed E-state index contributed by atoms with van der Waals surface area (Å²) in [6.07, 6.45) is 1.70. The van der Waals surface area contributed by atoms with Crippen molar-refractivity contribution in [1.82, 2.24) is 29.8 Å². The number of nitrogens with zero attached hydrogens (tertiary/aromatic N) is 7. The molecule has 1 unspecified atom stereocenters. The molecule has 0 saturated heterocycles. The maximum absolute atomic E-state index is 14.0. The summed E-state index contributed by atoms with van der Waals surface area (Å²) in [5.74, 6) is -0.101. The fourth-order valence-electron chi connectivity index (χ4n) is 2.98. The standard InChI is InChI=1S/C18H16ClFN8O2S/c1-10-8-16(28(29)30)25-27(10)11(2)17-22-23-18(31-17)21-15-6-7-26(24-15)9-12-13(19)4-3-5-14(12)20/h3-8,11H,9H2,1-2H3,(H,21,23,24). The number of anilines is 2. The van der Waals surface area contributed by atoms with Gasteiger partial charge in [0.15, 0.2) is 5.82 Å². The molecule has 4 rings (SSSR count). The van der Waals surface area contributed by atoms with Gasteiger partial charge < -0.3 is 15.4 Å². The lowest BCUT2D eigenvalue weighted by Crippen LogP contribution is -2.10. The molecule has 10 nitrogen and oxygen atoms in total. The van der Waals surface area contributed by atoms with Crippen LogP contribution in [0.3, 0.4) is 0 Å². The van der Waals surface area contributed by atoms with Crippen molar-refractivity contribution in [3.8, 4) is 0 Å². The molecular formula is C18H16ClFN8O2S. The minimum absolute atomic E-state index is 0.183. The van der Waals surface area contributed by atoms with E-state index in [-0.39, 0.29) is 18.4 Å². The minimum Gasteiger partial charge on any atom is -0.358 e. The fourth-order valence-corrected chi connectivity index (χ4v) is 3.99. The van der Waals surface area contributed by atoms with Crippen molar-refractivity contribution in [1.29, 1.82) is 0 Å². The van der Waals surface area contributed by atoms with Gasteiger partial charge in [-0.3, -0.25) is 4.68 Å². The SMILES string of the molecule is Cc1cc([N+](=O)[O-])nn1C(C)c1nnc(Nc2ccn(Cc3c(F)cccc3Cl)n2)s1. The molecule has 0 radical (unpaired) electrons. The second-order valence-electron chi connectivity index (χ2n) is 6.69. The molecule has 3 heterocycles. The summed E-state index contributed by atoms with van der Waals surface area (Å²) < 4.78 is 17.1. The molecule has 0 aliphatic rings. The van der Waals surface area contributed by atoms with E-state index in [1.807, 2.05) is 6.92 Å². The van der Waals surface area contributed by atoms with E-state index in [1.165, 1.54) is 28.2 Å². The molecule has 0 amide bonds. The zero-order chi connectivity index (χ0) is 22.1. The van der Waals surface area contributed by atoms with Gasteiger partial charge in [-0.15, -0.1) is 10.2 Å². The van der Waals surface area contributed by atoms with Crippen LogP contribution in [0.5, 0.6) is 0 Å². The maximum Gasteiger partial charge on any atom is 0.390 e. The Morgan fingerprint density at radius 3 is 2.84 bits per heavy atom. The third kappa shape index (κ3) is 4.39. The van der Waals surface area contributed by atoms with Crippen LogP contribution < -0.4 is 5.32 Å². The minimum atomic E-state index is -0.534. The highest BCUT2D eigenvalue weighted by Gasteiger charge is 2.23. The number of halogens is 2. The number of rotatable bonds is 7. The lowest BCUT2D eigenvalue weighted by atomic mass is 10.2. The molecule has 13 heteroatoms. The molecule has 3 aromatic heterocycles. The van der Waals surface area contributed by atoms with Crippen molar-refractivity contribution >= 4 is 39.7 Å². The smallest absolute Gasteiger partial charge is 0.358 e. The lowest BCUT2D eigenvalue weighted by Gasteiger charge is -2.06. The van der Waals surface area contributed by atoms with E-state index in [4.69, 9.17) is 11.6 Å². The van der Waals surface area contributed by atoms with Crippen molar-refractivity contribution in [2.24, 2.45) is 0 Å². The van der Waals surface area contributed by atoms with Gasteiger partial charge in [0.25, 0.3) is 0 Å². The predicted molar refractivity (Wildman–Crippen MR) is 113 cm³/mol. The first-order valence-corrected chi connectivity index (χ1v) is 10.3. The Bertz CT molecular complexity index is 1230. The van der Waals surface area contributed by atoms with Gasteiger partial charge in [0.2, 0.25) is 5.13 Å². The Morgan fingerprint density at radius 1 is 1.32 bits per heavy atom. The average Bonchev–Trinajstić information content (AvgIpc) is 3.45. The van der Waals surface area contributed by atoms with Crippen molar-refractivity contribution in [3.05, 3.63) is 73.7 Å². The van der Waals surface area contributed by atoms with Crippen LogP contribution >= 0.6 is 22.9 Å². The average molecular weight is 463 g/mol. The lowest BCUT2D eigenvalue weighted by molar-refractivity contribution is -0.389. The molecule has 0 saturated carbocycles. The number of nitro groups is 1. The first-order valence-electron chi connectivity index (χ1n) is 9.09. The third-order valence-electron chi connectivity index (χ3n) is 4.52. The van der Waals surface area contributed by atoms with Gasteiger partial charge in [0.1, 0.15) is 16.9 Å². The molecule has 0 aliphatic carbocycles. The van der Waals surface area contributed by atoms with Crippen LogP contribution in [0, 0.1) is 22.9 Å². The Hall–Kier alpha value is -3.38. The maximum atomic E-state index is 14.0. The summed E-state index contributed by atoms with van der Waals surface area (Å²) in [6.45, 7) is 3.76. The summed E-state index contributed by atoms with van der Waals surface area (Å²) in [6, 6.07) is 7.33. The molecule has 1 N–H and O–H groups in total. The number of aromatic nitrogens is 6. The fraction of sp³-hybridized carbons (Fsp3) is 0.222.